The van der Waals surface area contributed by atoms with Gasteiger partial charge in [-0.25, -0.2) is 4.98 Å². The topological polar surface area (TPSA) is 107 Å². The number of rotatable bonds is 9. The summed E-state index contributed by atoms with van der Waals surface area (Å²) in [4.78, 5) is 34.8. The highest BCUT2D eigenvalue weighted by Gasteiger charge is 2.41. The molecule has 1 aromatic heterocycles. The number of hydrogen-bond donors (Lipinski definition) is 3. The third kappa shape index (κ3) is 9.11. The predicted molar refractivity (Wildman–Crippen MR) is 141 cm³/mol. The molecular weight excluding hydrogens is 564 g/mol. The minimum Gasteiger partial charge on any atom is -0.389 e. The monoisotopic (exact) mass is 597 g/mol. The normalized spacial score (nSPS) is 18.6. The summed E-state index contributed by atoms with van der Waals surface area (Å²) in [7, 11) is 0. The van der Waals surface area contributed by atoms with Crippen LogP contribution in [0.3, 0.4) is 0 Å². The summed E-state index contributed by atoms with van der Waals surface area (Å²) >= 11 is 5.34. The Labute approximate surface area is 233 Å². The van der Waals surface area contributed by atoms with Crippen molar-refractivity contribution in [1.82, 2.24) is 15.2 Å². The smallest absolute Gasteiger partial charge is 0.389 e. The van der Waals surface area contributed by atoms with E-state index in [1.54, 1.807) is 6.92 Å². The van der Waals surface area contributed by atoms with Crippen molar-refractivity contribution in [3.05, 3.63) is 23.4 Å². The molecule has 0 aromatic carbocycles. The molecular formula is C25H33F6N5O3S. The number of halogens is 6. The molecule has 1 aromatic rings. The van der Waals surface area contributed by atoms with Crippen molar-refractivity contribution in [2.24, 2.45) is 4.99 Å². The molecule has 1 aliphatic heterocycles. The van der Waals surface area contributed by atoms with E-state index in [-0.39, 0.29) is 18.3 Å². The van der Waals surface area contributed by atoms with E-state index in [2.05, 4.69) is 15.3 Å². The second-order valence-corrected chi connectivity index (χ2v) is 10.8. The first-order valence-corrected chi connectivity index (χ1v) is 12.9. The Bertz CT molecular complexity index is 1130. The molecule has 1 saturated heterocycles. The van der Waals surface area contributed by atoms with Gasteiger partial charge in [0.25, 0.3) is 11.8 Å². The van der Waals surface area contributed by atoms with Crippen LogP contribution in [0.5, 0.6) is 0 Å². The number of aliphatic hydroxyl groups is 1. The Morgan fingerprint density at radius 3 is 2.38 bits per heavy atom. The number of nitrogens with one attached hydrogen (secondary N) is 2. The van der Waals surface area contributed by atoms with E-state index in [0.29, 0.717) is 31.6 Å². The molecule has 40 heavy (non-hydrogen) atoms. The van der Waals surface area contributed by atoms with Gasteiger partial charge >= 0.3 is 12.4 Å². The van der Waals surface area contributed by atoms with Gasteiger partial charge in [-0.1, -0.05) is 12.2 Å². The van der Waals surface area contributed by atoms with Crippen molar-refractivity contribution >= 4 is 40.4 Å². The zero-order chi connectivity index (χ0) is 30.6. The van der Waals surface area contributed by atoms with Crippen molar-refractivity contribution in [3.63, 3.8) is 0 Å². The molecule has 2 heterocycles. The van der Waals surface area contributed by atoms with E-state index in [1.165, 1.54) is 25.7 Å². The van der Waals surface area contributed by atoms with E-state index in [1.807, 2.05) is 5.32 Å². The van der Waals surface area contributed by atoms with Gasteiger partial charge in [-0.3, -0.25) is 14.6 Å². The highest BCUT2D eigenvalue weighted by atomic mass is 32.1. The maximum Gasteiger partial charge on any atom is 0.417 e. The third-order valence-corrected chi connectivity index (χ3v) is 6.67. The Balaban J connectivity index is 2.56. The summed E-state index contributed by atoms with van der Waals surface area (Å²) in [5.74, 6) is -2.18. The van der Waals surface area contributed by atoms with Crippen molar-refractivity contribution in [1.29, 1.82) is 0 Å². The predicted octanol–water partition coefficient (Wildman–Crippen LogP) is 4.30. The lowest BCUT2D eigenvalue weighted by molar-refractivity contribution is -0.138. The molecule has 0 saturated carbocycles. The first-order chi connectivity index (χ1) is 18.2. The maximum atomic E-state index is 14.1. The third-order valence-electron chi connectivity index (χ3n) is 6.23. The second kappa shape index (κ2) is 12.8. The number of anilines is 1. The molecule has 224 valence electrons. The lowest BCUT2D eigenvalue weighted by Crippen LogP contribution is -2.49. The number of nitrogens with zero attached hydrogens (tertiary/aromatic N) is 3. The van der Waals surface area contributed by atoms with E-state index in [0.717, 1.165) is 13.3 Å². The maximum absolute atomic E-state index is 14.1. The molecule has 0 bridgehead atoms. The number of pyridine rings is 1. The molecule has 2 amide bonds. The number of piperidine rings is 1. The average Bonchev–Trinajstić information content (AvgIpc) is 2.83. The van der Waals surface area contributed by atoms with Gasteiger partial charge in [-0.05, 0) is 59.9 Å². The summed E-state index contributed by atoms with van der Waals surface area (Å²) in [5, 5.41) is 14.2. The summed E-state index contributed by atoms with van der Waals surface area (Å²) < 4.78 is 81.1. The lowest BCUT2D eigenvalue weighted by atomic mass is 9.97. The number of hydrogen-bond acceptors (Lipinski definition) is 7. The number of amides is 2. The summed E-state index contributed by atoms with van der Waals surface area (Å²) in [6.45, 7) is 6.77. The van der Waals surface area contributed by atoms with Crippen LogP contribution in [-0.2, 0) is 15.8 Å². The minimum absolute atomic E-state index is 0.169. The molecule has 0 spiro atoms. The number of likely N-dealkylation sites (tertiary alicyclic amines) is 1. The Hall–Kier alpha value is -2.81. The quantitative estimate of drug-likeness (QED) is 0.170. The lowest BCUT2D eigenvalue weighted by Gasteiger charge is -2.35. The molecule has 15 heteroatoms. The van der Waals surface area contributed by atoms with Gasteiger partial charge in [-0.2, -0.15) is 26.3 Å². The van der Waals surface area contributed by atoms with Crippen molar-refractivity contribution in [2.45, 2.75) is 90.0 Å². The molecule has 1 fully saturated rings. The van der Waals surface area contributed by atoms with Crippen LogP contribution in [0.4, 0.5) is 32.2 Å². The second-order valence-electron chi connectivity index (χ2n) is 10.4. The fourth-order valence-electron chi connectivity index (χ4n) is 3.90. The molecule has 2 unspecified atom stereocenters. The van der Waals surface area contributed by atoms with Crippen LogP contribution in [0.25, 0.3) is 0 Å². The van der Waals surface area contributed by atoms with Gasteiger partial charge in [-0.15, -0.1) is 0 Å². The summed E-state index contributed by atoms with van der Waals surface area (Å²) in [6, 6.07) is -3.79. The molecule has 1 aliphatic rings. The highest BCUT2D eigenvalue weighted by molar-refractivity contribution is 7.81. The van der Waals surface area contributed by atoms with Crippen molar-refractivity contribution in [2.75, 3.05) is 18.4 Å². The van der Waals surface area contributed by atoms with Crippen LogP contribution in [0.15, 0.2) is 17.3 Å². The molecule has 2 rings (SSSR count). The zero-order valence-corrected chi connectivity index (χ0v) is 23.5. The van der Waals surface area contributed by atoms with Gasteiger partial charge < -0.3 is 20.6 Å². The summed E-state index contributed by atoms with van der Waals surface area (Å²) in [6.07, 6.45) is -7.03. The van der Waals surface area contributed by atoms with Crippen LogP contribution in [0.1, 0.15) is 65.0 Å². The molecule has 3 atom stereocenters. The van der Waals surface area contributed by atoms with Crippen molar-refractivity contribution < 1.29 is 41.0 Å². The Morgan fingerprint density at radius 1 is 1.23 bits per heavy atom. The number of aromatic nitrogens is 1. The molecule has 3 N–H and O–H groups in total. The van der Waals surface area contributed by atoms with Gasteiger partial charge in [0.15, 0.2) is 6.04 Å². The van der Waals surface area contributed by atoms with Crippen LogP contribution >= 0.6 is 12.2 Å². The number of carbonyl (C=O) groups excluding carboxylic acids is 2. The highest BCUT2D eigenvalue weighted by Crippen LogP contribution is 2.35. The van der Waals surface area contributed by atoms with E-state index >= 15 is 0 Å². The first kappa shape index (κ1) is 33.4. The molecule has 8 nitrogen and oxygen atoms in total. The van der Waals surface area contributed by atoms with Gasteiger partial charge in [0.1, 0.15) is 11.9 Å². The van der Waals surface area contributed by atoms with E-state index in [4.69, 9.17) is 12.2 Å². The van der Waals surface area contributed by atoms with Crippen LogP contribution in [0, 0.1) is 0 Å². The largest absolute Gasteiger partial charge is 0.417 e. The van der Waals surface area contributed by atoms with Crippen molar-refractivity contribution in [3.8, 4) is 0 Å². The minimum atomic E-state index is -5.07. The standard InChI is InChI=1S/C25H33F6N5O3S/c1-13-8-6-7-9-36(13)22(38)19(34-14(2)21(37)33-12-23(4,5)39)20(40)16-11-32-18(10-17(16)25(29,30)31)35-15(3)24(26,27)28/h10-11,13,15,19,39H,6-9,12H2,1-5H3,(H,32,35)(H,33,37)/t13-,15?,19?/m0/s1. The zero-order valence-electron chi connectivity index (χ0n) is 22.7. The van der Waals surface area contributed by atoms with Crippen LogP contribution in [-0.4, -0.2) is 80.4 Å². The number of aliphatic imine (C=N–C) groups is 1. The van der Waals surface area contributed by atoms with E-state index < -0.39 is 63.7 Å². The fraction of sp³-hybridized carbons (Fsp3) is 0.640. The van der Waals surface area contributed by atoms with E-state index in [9.17, 15) is 41.0 Å². The molecule has 0 radical (unpaired) electrons. The molecule has 0 aliphatic carbocycles. The Morgan fingerprint density at radius 2 is 1.85 bits per heavy atom. The van der Waals surface area contributed by atoms with Crippen LogP contribution in [0.2, 0.25) is 0 Å². The van der Waals surface area contributed by atoms with Crippen LogP contribution < -0.4 is 10.6 Å². The fourth-order valence-corrected chi connectivity index (χ4v) is 4.22. The number of carbonyl (C=O) groups is 2. The summed E-state index contributed by atoms with van der Waals surface area (Å²) in [5.41, 5.74) is -3.66. The van der Waals surface area contributed by atoms with Gasteiger partial charge in [0.05, 0.1) is 21.7 Å². The SMILES string of the molecule is CC(=NC(C(=O)N1CCCC[C@@H]1C)C(=S)c1cnc(NC(C)C(F)(F)F)cc1C(F)(F)F)C(=O)NCC(C)(C)O. The number of thiocarbonyl (C=S) groups is 1. The average molecular weight is 598 g/mol. The van der Waals surface area contributed by atoms with Gasteiger partial charge in [0, 0.05) is 30.9 Å². The Kier molecular flexibility index (Phi) is 10.7. The number of alkyl halides is 6. The van der Waals surface area contributed by atoms with Gasteiger partial charge in [0.2, 0.25) is 0 Å². The first-order valence-electron chi connectivity index (χ1n) is 12.5.